The van der Waals surface area contributed by atoms with Crippen molar-refractivity contribution in [2.24, 2.45) is 0 Å². The van der Waals surface area contributed by atoms with E-state index in [2.05, 4.69) is 0 Å². The van der Waals surface area contributed by atoms with Gasteiger partial charge in [-0.2, -0.15) is 0 Å². The summed E-state index contributed by atoms with van der Waals surface area (Å²) in [5, 5.41) is 11.6. The second-order valence-electron chi connectivity index (χ2n) is 8.06. The van der Waals surface area contributed by atoms with E-state index >= 15 is 0 Å². The maximum atomic E-state index is 13.4. The number of ketones is 1. The van der Waals surface area contributed by atoms with E-state index in [1.165, 1.54) is 18.1 Å². The number of aliphatic hydroxyl groups excluding tert-OH is 1. The molecule has 0 aliphatic carbocycles. The van der Waals surface area contributed by atoms with E-state index in [1.54, 1.807) is 54.6 Å². The Balaban J connectivity index is 1.70. The van der Waals surface area contributed by atoms with Crippen LogP contribution < -0.4 is 23.8 Å². The first-order valence-corrected chi connectivity index (χ1v) is 11.6. The van der Waals surface area contributed by atoms with Gasteiger partial charge in [0.1, 0.15) is 17.3 Å². The molecule has 1 saturated heterocycles. The lowest BCUT2D eigenvalue weighted by Crippen LogP contribution is -2.29. The van der Waals surface area contributed by atoms with Gasteiger partial charge in [0.15, 0.2) is 11.5 Å². The second kappa shape index (κ2) is 9.47. The Labute approximate surface area is 212 Å². The van der Waals surface area contributed by atoms with Crippen molar-refractivity contribution < 1.29 is 33.6 Å². The van der Waals surface area contributed by atoms with Gasteiger partial charge in [0, 0.05) is 17.3 Å². The number of methoxy groups -OCH3 is 1. The van der Waals surface area contributed by atoms with Gasteiger partial charge in [0.25, 0.3) is 11.7 Å². The van der Waals surface area contributed by atoms with Crippen molar-refractivity contribution in [2.75, 3.05) is 25.4 Å². The topological polar surface area (TPSA) is 94.5 Å². The number of carbonyl (C=O) groups excluding carboxylic acids is 2. The second-order valence-corrected chi connectivity index (χ2v) is 8.47. The van der Waals surface area contributed by atoms with Crippen LogP contribution in [0.4, 0.5) is 5.69 Å². The zero-order chi connectivity index (χ0) is 25.4. The highest BCUT2D eigenvalue weighted by Crippen LogP contribution is 2.45. The molecule has 2 aliphatic heterocycles. The molecule has 3 aromatic carbocycles. The molecule has 1 atom stereocenters. The number of anilines is 1. The zero-order valence-corrected chi connectivity index (χ0v) is 20.2. The molecule has 3 aromatic rings. The molecule has 2 aliphatic rings. The first-order chi connectivity index (χ1) is 17.4. The maximum absolute atomic E-state index is 13.4. The quantitative estimate of drug-likeness (QED) is 0.282. The summed E-state index contributed by atoms with van der Waals surface area (Å²) in [6, 6.07) is 15.7. The van der Waals surface area contributed by atoms with E-state index in [4.69, 9.17) is 30.5 Å². The minimum absolute atomic E-state index is 0.0651. The molecule has 0 saturated carbocycles. The summed E-state index contributed by atoms with van der Waals surface area (Å²) < 4.78 is 21.7. The number of nitrogens with zero attached hydrogens (tertiary/aromatic N) is 1. The van der Waals surface area contributed by atoms with Crippen molar-refractivity contribution in [3.63, 3.8) is 0 Å². The van der Waals surface area contributed by atoms with Crippen LogP contribution in [0.25, 0.3) is 5.76 Å². The van der Waals surface area contributed by atoms with Crippen LogP contribution >= 0.6 is 11.6 Å². The summed E-state index contributed by atoms with van der Waals surface area (Å²) in [6.45, 7) is 2.37. The molecule has 1 amide bonds. The Hall–Kier alpha value is -4.17. The molecule has 184 valence electrons. The number of benzene rings is 3. The average molecular weight is 508 g/mol. The van der Waals surface area contributed by atoms with Crippen molar-refractivity contribution in [1.82, 2.24) is 0 Å². The number of carbonyl (C=O) groups is 2. The lowest BCUT2D eigenvalue weighted by atomic mass is 9.95. The number of Topliss-reactive ketones (excluding diaryl/α,β-unsaturated/α-hetero) is 1. The van der Waals surface area contributed by atoms with E-state index in [-0.39, 0.29) is 28.7 Å². The van der Waals surface area contributed by atoms with E-state index in [1.807, 2.05) is 6.92 Å². The third-order valence-electron chi connectivity index (χ3n) is 5.99. The predicted octanol–water partition coefficient (Wildman–Crippen LogP) is 5.10. The number of hydrogen-bond acceptors (Lipinski definition) is 7. The van der Waals surface area contributed by atoms with Crippen molar-refractivity contribution in [3.8, 4) is 23.0 Å². The molecular formula is C27H22ClNO7. The van der Waals surface area contributed by atoms with Crippen LogP contribution in [-0.4, -0.2) is 37.3 Å². The number of hydrogen-bond donors (Lipinski definition) is 1. The molecule has 2 heterocycles. The first kappa shape index (κ1) is 23.6. The molecule has 1 N–H and O–H groups in total. The molecule has 9 heteroatoms. The summed E-state index contributed by atoms with van der Waals surface area (Å²) in [5.41, 5.74) is 1.20. The third kappa shape index (κ3) is 3.99. The summed E-state index contributed by atoms with van der Waals surface area (Å²) in [5.74, 6) is 0.00346. The molecule has 0 aromatic heterocycles. The van der Waals surface area contributed by atoms with Gasteiger partial charge in [0.2, 0.25) is 6.79 Å². The molecule has 0 spiro atoms. The normalized spacial score (nSPS) is 18.0. The van der Waals surface area contributed by atoms with Gasteiger partial charge in [-0.3, -0.25) is 14.5 Å². The highest BCUT2D eigenvalue weighted by molar-refractivity contribution is 6.51. The summed E-state index contributed by atoms with van der Waals surface area (Å²) in [4.78, 5) is 28.1. The number of halogens is 1. The lowest BCUT2D eigenvalue weighted by molar-refractivity contribution is -0.132. The van der Waals surface area contributed by atoms with Gasteiger partial charge >= 0.3 is 0 Å². The summed E-state index contributed by atoms with van der Waals surface area (Å²) in [7, 11) is 1.48. The van der Waals surface area contributed by atoms with Crippen LogP contribution in [-0.2, 0) is 9.59 Å². The van der Waals surface area contributed by atoms with Gasteiger partial charge in [-0.25, -0.2) is 0 Å². The Bertz CT molecular complexity index is 1400. The molecule has 8 nitrogen and oxygen atoms in total. The van der Waals surface area contributed by atoms with E-state index in [0.717, 1.165) is 0 Å². The first-order valence-electron chi connectivity index (χ1n) is 11.2. The minimum Gasteiger partial charge on any atom is -0.507 e. The van der Waals surface area contributed by atoms with Gasteiger partial charge in [0.05, 0.1) is 30.4 Å². The fraction of sp³-hybridized carbons (Fsp3) is 0.185. The van der Waals surface area contributed by atoms with Crippen molar-refractivity contribution in [2.45, 2.75) is 13.0 Å². The fourth-order valence-corrected chi connectivity index (χ4v) is 4.62. The molecule has 36 heavy (non-hydrogen) atoms. The van der Waals surface area contributed by atoms with Crippen molar-refractivity contribution in [1.29, 1.82) is 0 Å². The SMILES string of the molecule is CCOc1cccc(C2/C(=C(\O)c3ccc(OC)c(Cl)c3)C(=O)C(=O)N2c2ccc3c(c2)OCO3)c1. The highest BCUT2D eigenvalue weighted by Gasteiger charge is 2.47. The monoisotopic (exact) mass is 507 g/mol. The van der Waals surface area contributed by atoms with E-state index < -0.39 is 17.7 Å². The number of fused-ring (bicyclic) bond motifs is 1. The summed E-state index contributed by atoms with van der Waals surface area (Å²) >= 11 is 6.27. The lowest BCUT2D eigenvalue weighted by Gasteiger charge is -2.26. The molecule has 1 fully saturated rings. The van der Waals surface area contributed by atoms with Gasteiger partial charge in [-0.05, 0) is 55.0 Å². The van der Waals surface area contributed by atoms with Crippen LogP contribution in [0, 0.1) is 0 Å². The van der Waals surface area contributed by atoms with Crippen LogP contribution in [0.1, 0.15) is 24.1 Å². The standard InChI is InChI=1S/C27H22ClNO7/c1-3-34-18-6-4-5-15(11-18)24-23(25(30)16-7-9-20(33-2)19(28)12-16)26(31)27(32)29(24)17-8-10-21-22(13-17)36-14-35-21/h4-13,24,30H,3,14H2,1-2H3/b25-23+. The Morgan fingerprint density at radius 1 is 1.08 bits per heavy atom. The third-order valence-corrected chi connectivity index (χ3v) is 6.28. The van der Waals surface area contributed by atoms with Crippen LogP contribution in [0.3, 0.4) is 0 Å². The summed E-state index contributed by atoms with van der Waals surface area (Å²) in [6.07, 6.45) is 0. The average Bonchev–Trinajstić information content (AvgIpc) is 3.45. The maximum Gasteiger partial charge on any atom is 0.300 e. The minimum atomic E-state index is -0.938. The molecule has 0 radical (unpaired) electrons. The largest absolute Gasteiger partial charge is 0.507 e. The number of ether oxygens (including phenoxy) is 4. The Kier molecular flexibility index (Phi) is 6.20. The Morgan fingerprint density at radius 3 is 2.64 bits per heavy atom. The molecular weight excluding hydrogens is 486 g/mol. The number of rotatable bonds is 6. The molecule has 5 rings (SSSR count). The van der Waals surface area contributed by atoms with Gasteiger partial charge in [-0.15, -0.1) is 0 Å². The number of aliphatic hydroxyl groups is 1. The fourth-order valence-electron chi connectivity index (χ4n) is 4.36. The van der Waals surface area contributed by atoms with Crippen LogP contribution in [0.5, 0.6) is 23.0 Å². The van der Waals surface area contributed by atoms with Crippen LogP contribution in [0.15, 0.2) is 66.2 Å². The van der Waals surface area contributed by atoms with Gasteiger partial charge in [-0.1, -0.05) is 23.7 Å². The Morgan fingerprint density at radius 2 is 1.89 bits per heavy atom. The van der Waals surface area contributed by atoms with Crippen molar-refractivity contribution >= 4 is 34.7 Å². The van der Waals surface area contributed by atoms with Gasteiger partial charge < -0.3 is 24.1 Å². The smallest absolute Gasteiger partial charge is 0.300 e. The van der Waals surface area contributed by atoms with Crippen molar-refractivity contribution in [3.05, 3.63) is 82.4 Å². The number of amides is 1. The highest BCUT2D eigenvalue weighted by atomic mass is 35.5. The van der Waals surface area contributed by atoms with E-state index in [0.29, 0.717) is 40.9 Å². The molecule has 1 unspecified atom stereocenters. The molecule has 0 bridgehead atoms. The van der Waals surface area contributed by atoms with E-state index in [9.17, 15) is 14.7 Å². The predicted molar refractivity (Wildman–Crippen MR) is 133 cm³/mol. The van der Waals surface area contributed by atoms with Crippen LogP contribution in [0.2, 0.25) is 5.02 Å². The zero-order valence-electron chi connectivity index (χ0n) is 19.5.